The van der Waals surface area contributed by atoms with Gasteiger partial charge in [0.25, 0.3) is 17.7 Å². The van der Waals surface area contributed by atoms with Crippen LogP contribution in [0.3, 0.4) is 0 Å². The van der Waals surface area contributed by atoms with Crippen LogP contribution in [0.5, 0.6) is 0 Å². The van der Waals surface area contributed by atoms with Crippen molar-refractivity contribution >= 4 is 46.3 Å². The largest absolute Gasteiger partial charge is 0.353 e. The molecule has 1 saturated heterocycles. The van der Waals surface area contributed by atoms with Gasteiger partial charge in [-0.2, -0.15) is 0 Å². The third-order valence-corrected chi connectivity index (χ3v) is 10.1. The normalized spacial score (nSPS) is 17.5. The van der Waals surface area contributed by atoms with E-state index < -0.39 is 0 Å². The summed E-state index contributed by atoms with van der Waals surface area (Å²) in [6.07, 6.45) is 6.67. The fraction of sp³-hybridized carbons (Fsp3) is 0.314. The van der Waals surface area contributed by atoms with E-state index in [1.165, 1.54) is 11.3 Å². The first-order chi connectivity index (χ1) is 21.4. The van der Waals surface area contributed by atoms with Gasteiger partial charge in [0.05, 0.1) is 16.1 Å². The highest BCUT2D eigenvalue weighted by Gasteiger charge is 2.30. The van der Waals surface area contributed by atoms with Crippen molar-refractivity contribution in [2.24, 2.45) is 0 Å². The Labute approximate surface area is 261 Å². The van der Waals surface area contributed by atoms with E-state index in [-0.39, 0.29) is 17.7 Å². The number of rotatable bonds is 6. The lowest BCUT2D eigenvalue weighted by atomic mass is 10.1. The maximum atomic E-state index is 13.9. The lowest BCUT2D eigenvalue weighted by molar-refractivity contribution is 0.0952. The summed E-state index contributed by atoms with van der Waals surface area (Å²) in [6, 6.07) is 21.4. The van der Waals surface area contributed by atoms with Crippen molar-refractivity contribution in [2.45, 2.75) is 51.1 Å². The Bertz CT molecular complexity index is 1750. The molecule has 1 N–H and O–H groups in total. The zero-order valence-electron chi connectivity index (χ0n) is 25.0. The molecule has 1 aliphatic carbocycles. The van der Waals surface area contributed by atoms with Gasteiger partial charge in [0.15, 0.2) is 0 Å². The average molecular weight is 606 g/mol. The molecule has 3 amide bonds. The number of thiophene rings is 1. The van der Waals surface area contributed by atoms with Crippen molar-refractivity contribution in [1.29, 1.82) is 0 Å². The molecule has 7 rings (SSSR count). The van der Waals surface area contributed by atoms with E-state index >= 15 is 0 Å². The molecule has 8 nitrogen and oxygen atoms in total. The van der Waals surface area contributed by atoms with Gasteiger partial charge in [0.2, 0.25) is 0 Å². The van der Waals surface area contributed by atoms with Gasteiger partial charge >= 0.3 is 0 Å². The second-order valence-corrected chi connectivity index (χ2v) is 13.0. The number of nitrogens with zero attached hydrogens (tertiary/aromatic N) is 4. The van der Waals surface area contributed by atoms with Gasteiger partial charge in [0, 0.05) is 60.1 Å². The molecule has 3 aliphatic rings. The zero-order valence-corrected chi connectivity index (χ0v) is 25.8. The molecule has 4 heterocycles. The average Bonchev–Trinajstić information content (AvgIpc) is 3.65. The summed E-state index contributed by atoms with van der Waals surface area (Å²) in [6.45, 7) is 3.56. The van der Waals surface area contributed by atoms with E-state index in [1.807, 2.05) is 53.4 Å². The fourth-order valence-corrected chi connectivity index (χ4v) is 7.37. The van der Waals surface area contributed by atoms with Gasteiger partial charge in [-0.05, 0) is 93.1 Å². The molecule has 224 valence electrons. The summed E-state index contributed by atoms with van der Waals surface area (Å²) >= 11 is 1.50. The monoisotopic (exact) mass is 605 g/mol. The Kier molecular flexibility index (Phi) is 7.42. The van der Waals surface area contributed by atoms with E-state index in [9.17, 15) is 14.4 Å². The number of nitrogens with one attached hydrogen (secondary N) is 1. The van der Waals surface area contributed by atoms with Crippen molar-refractivity contribution in [1.82, 2.24) is 10.3 Å². The Morgan fingerprint density at radius 2 is 1.77 bits per heavy atom. The van der Waals surface area contributed by atoms with Crippen molar-refractivity contribution in [3.8, 4) is 10.4 Å². The van der Waals surface area contributed by atoms with Crippen molar-refractivity contribution in [3.05, 3.63) is 94.5 Å². The number of amides is 3. The molecule has 9 heteroatoms. The second-order valence-electron chi connectivity index (χ2n) is 11.9. The van der Waals surface area contributed by atoms with Gasteiger partial charge in [0.1, 0.15) is 5.82 Å². The van der Waals surface area contributed by atoms with Crippen LogP contribution in [0.25, 0.3) is 10.4 Å². The minimum absolute atomic E-state index is 0.00937. The van der Waals surface area contributed by atoms with E-state index in [0.717, 1.165) is 64.6 Å². The lowest BCUT2D eigenvalue weighted by Crippen LogP contribution is -2.33. The molecule has 0 radical (unpaired) electrons. The molecule has 1 unspecified atom stereocenters. The highest BCUT2D eigenvalue weighted by molar-refractivity contribution is 7.17. The molecule has 2 aromatic heterocycles. The summed E-state index contributed by atoms with van der Waals surface area (Å²) < 4.78 is 0. The highest BCUT2D eigenvalue weighted by Crippen LogP contribution is 2.42. The predicted molar refractivity (Wildman–Crippen MR) is 175 cm³/mol. The minimum atomic E-state index is -0.135. The van der Waals surface area contributed by atoms with E-state index in [0.29, 0.717) is 41.9 Å². The van der Waals surface area contributed by atoms with E-state index in [2.05, 4.69) is 22.1 Å². The smallest absolute Gasteiger partial charge is 0.261 e. The molecule has 1 saturated carbocycles. The maximum absolute atomic E-state index is 13.9. The summed E-state index contributed by atoms with van der Waals surface area (Å²) in [5.74, 6) is 0.483. The van der Waals surface area contributed by atoms with E-state index in [1.54, 1.807) is 36.3 Å². The number of hydrogen-bond donors (Lipinski definition) is 1. The van der Waals surface area contributed by atoms with Crippen molar-refractivity contribution in [2.75, 3.05) is 34.8 Å². The van der Waals surface area contributed by atoms with Crippen LogP contribution < -0.4 is 20.0 Å². The number of anilines is 3. The van der Waals surface area contributed by atoms with Crippen LogP contribution in [-0.2, 0) is 6.42 Å². The second kappa shape index (κ2) is 11.5. The molecule has 1 atom stereocenters. The maximum Gasteiger partial charge on any atom is 0.261 e. The third kappa shape index (κ3) is 5.26. The van der Waals surface area contributed by atoms with E-state index in [4.69, 9.17) is 0 Å². The lowest BCUT2D eigenvalue weighted by Gasteiger charge is -2.26. The number of pyridine rings is 1. The van der Waals surface area contributed by atoms with Crippen LogP contribution in [0, 0.1) is 0 Å². The van der Waals surface area contributed by atoms with Gasteiger partial charge in [-0.15, -0.1) is 11.3 Å². The Morgan fingerprint density at radius 1 is 0.977 bits per heavy atom. The molecule has 44 heavy (non-hydrogen) atoms. The molecule has 0 bridgehead atoms. The van der Waals surface area contributed by atoms with Crippen LogP contribution in [0.2, 0.25) is 0 Å². The van der Waals surface area contributed by atoms with Gasteiger partial charge in [-0.25, -0.2) is 4.98 Å². The predicted octanol–water partition coefficient (Wildman–Crippen LogP) is 6.17. The number of carbonyl (C=O) groups is 3. The zero-order chi connectivity index (χ0) is 30.4. The van der Waals surface area contributed by atoms with Crippen LogP contribution in [0.1, 0.15) is 68.6 Å². The molecular weight excluding hydrogens is 570 g/mol. The number of aromatic nitrogens is 1. The van der Waals surface area contributed by atoms with Crippen LogP contribution in [0.4, 0.5) is 17.2 Å². The SMILES string of the molecule is CC1CCCN1c1ncccc1C(=O)N(C)c1ccc(C(=O)N2CCc3cc(C(=O)NC4CC4)sc3-c3ccccc32)cc1. The van der Waals surface area contributed by atoms with Crippen molar-refractivity contribution < 1.29 is 14.4 Å². The molecular formula is C35H35N5O3S. The molecule has 2 aromatic carbocycles. The van der Waals surface area contributed by atoms with Crippen LogP contribution in [-0.4, -0.2) is 54.9 Å². The summed E-state index contributed by atoms with van der Waals surface area (Å²) in [5, 5.41) is 3.09. The summed E-state index contributed by atoms with van der Waals surface area (Å²) in [5.41, 5.74) is 4.71. The first kappa shape index (κ1) is 28.3. The van der Waals surface area contributed by atoms with Gasteiger partial charge in [-0.1, -0.05) is 18.2 Å². The number of benzene rings is 2. The fourth-order valence-electron chi connectivity index (χ4n) is 6.23. The number of carbonyl (C=O) groups excluding carboxylic acids is 3. The summed E-state index contributed by atoms with van der Waals surface area (Å²) in [7, 11) is 1.76. The van der Waals surface area contributed by atoms with Gasteiger partial charge in [-0.3, -0.25) is 14.4 Å². The minimum Gasteiger partial charge on any atom is -0.353 e. The number of hydrogen-bond acceptors (Lipinski definition) is 6. The Hall–Kier alpha value is -4.50. The topological polar surface area (TPSA) is 85.9 Å². The van der Waals surface area contributed by atoms with Crippen LogP contribution in [0.15, 0.2) is 72.9 Å². The van der Waals surface area contributed by atoms with Crippen LogP contribution >= 0.6 is 11.3 Å². The molecule has 2 fully saturated rings. The van der Waals surface area contributed by atoms with Gasteiger partial charge < -0.3 is 20.0 Å². The third-order valence-electron chi connectivity index (χ3n) is 8.88. The highest BCUT2D eigenvalue weighted by atomic mass is 32.1. The molecule has 2 aliphatic heterocycles. The first-order valence-corrected chi connectivity index (χ1v) is 16.2. The molecule has 0 spiro atoms. The number of fused-ring (bicyclic) bond motifs is 3. The Balaban J connectivity index is 1.11. The Morgan fingerprint density at radius 3 is 2.52 bits per heavy atom. The van der Waals surface area contributed by atoms with Crippen molar-refractivity contribution in [3.63, 3.8) is 0 Å². The quantitative estimate of drug-likeness (QED) is 0.284. The molecule has 4 aromatic rings. The number of para-hydroxylation sites is 1. The first-order valence-electron chi connectivity index (χ1n) is 15.3. The standard InChI is InChI=1S/C35H35N5O3S/c1-22-7-6-19-39(22)32-28(9-5-18-36-32)35(43)38(2)26-15-11-23(12-16-26)34(42)40-20-17-24-21-30(33(41)37-25-13-14-25)44-31(24)27-8-3-4-10-29(27)40/h3-5,8-12,15-16,18,21-22,25H,6-7,13-14,17,19-20H2,1-2H3,(H,37,41). The summed E-state index contributed by atoms with van der Waals surface area (Å²) in [4.78, 5) is 52.3.